The molecule has 1 aromatic rings. The molecule has 0 radical (unpaired) electrons. The van der Waals surface area contributed by atoms with E-state index < -0.39 is 10.0 Å². The number of aromatic nitrogens is 3. The molecule has 108 valence electrons. The van der Waals surface area contributed by atoms with E-state index in [2.05, 4.69) is 40.1 Å². The number of halogens is 1. The predicted molar refractivity (Wildman–Crippen MR) is 75.0 cm³/mol. The largest absolute Gasteiger partial charge is 0.263 e. The monoisotopic (exact) mass is 350 g/mol. The Labute approximate surface area is 122 Å². The number of rotatable bonds is 2. The van der Waals surface area contributed by atoms with Crippen molar-refractivity contribution in [2.75, 3.05) is 6.54 Å². The molecule has 0 saturated carbocycles. The van der Waals surface area contributed by atoms with Crippen molar-refractivity contribution in [2.24, 2.45) is 18.9 Å². The second-order valence-electron chi connectivity index (χ2n) is 5.44. The lowest BCUT2D eigenvalue weighted by Crippen LogP contribution is -2.49. The first-order valence-corrected chi connectivity index (χ1v) is 8.55. The summed E-state index contributed by atoms with van der Waals surface area (Å²) >= 11 is 3.17. The average molecular weight is 351 g/mol. The summed E-state index contributed by atoms with van der Waals surface area (Å²) < 4.78 is 28.7. The molecule has 1 saturated heterocycles. The molecule has 2 rings (SSSR count). The summed E-state index contributed by atoms with van der Waals surface area (Å²) in [5, 5.41) is 7.64. The highest BCUT2D eigenvalue weighted by Gasteiger charge is 2.39. The van der Waals surface area contributed by atoms with Crippen LogP contribution in [0.2, 0.25) is 0 Å². The third-order valence-electron chi connectivity index (χ3n) is 3.83. The fourth-order valence-electron chi connectivity index (χ4n) is 2.69. The molecule has 1 aliphatic heterocycles. The molecule has 2 heterocycles. The second-order valence-corrected chi connectivity index (χ2v) is 8.00. The summed E-state index contributed by atoms with van der Waals surface area (Å²) in [5.41, 5.74) is 0. The fraction of sp³-hybridized carbons (Fsp3) is 0.818. The van der Waals surface area contributed by atoms with Gasteiger partial charge in [0.05, 0.1) is 0 Å². The van der Waals surface area contributed by atoms with Crippen LogP contribution < -0.4 is 0 Å². The quantitative estimate of drug-likeness (QED) is 0.812. The van der Waals surface area contributed by atoms with Gasteiger partial charge in [0.15, 0.2) is 4.60 Å². The first-order valence-electron chi connectivity index (χ1n) is 6.32. The molecule has 0 aromatic carbocycles. The van der Waals surface area contributed by atoms with E-state index in [1.165, 1.54) is 4.68 Å². The number of aryl methyl sites for hydroxylation is 1. The number of piperidine rings is 1. The van der Waals surface area contributed by atoms with Crippen molar-refractivity contribution < 1.29 is 8.42 Å². The van der Waals surface area contributed by atoms with E-state index in [4.69, 9.17) is 0 Å². The zero-order valence-corrected chi connectivity index (χ0v) is 13.9. The molecule has 1 aromatic heterocycles. The van der Waals surface area contributed by atoms with Crippen LogP contribution in [0.1, 0.15) is 27.2 Å². The zero-order valence-electron chi connectivity index (χ0n) is 11.5. The maximum Gasteiger partial charge on any atom is 0.263 e. The molecule has 0 aliphatic carbocycles. The lowest BCUT2D eigenvalue weighted by molar-refractivity contribution is 0.156. The van der Waals surface area contributed by atoms with Gasteiger partial charge in [0.25, 0.3) is 10.0 Å². The van der Waals surface area contributed by atoms with Crippen LogP contribution in [0.25, 0.3) is 0 Å². The minimum atomic E-state index is -3.57. The molecule has 3 atom stereocenters. The smallest absolute Gasteiger partial charge is 0.235 e. The lowest BCUT2D eigenvalue weighted by Gasteiger charge is -2.39. The van der Waals surface area contributed by atoms with Gasteiger partial charge < -0.3 is 0 Å². The predicted octanol–water partition coefficient (Wildman–Crippen LogP) is 1.63. The van der Waals surface area contributed by atoms with E-state index in [0.29, 0.717) is 18.4 Å². The van der Waals surface area contributed by atoms with Gasteiger partial charge in [0.2, 0.25) is 5.03 Å². The van der Waals surface area contributed by atoms with Crippen molar-refractivity contribution in [2.45, 2.75) is 38.3 Å². The third-order valence-corrected chi connectivity index (χ3v) is 6.68. The summed E-state index contributed by atoms with van der Waals surface area (Å²) in [5.74, 6) is 0.708. The van der Waals surface area contributed by atoms with E-state index in [1.54, 1.807) is 11.4 Å². The molecule has 19 heavy (non-hydrogen) atoms. The first-order chi connectivity index (χ1) is 8.75. The third kappa shape index (κ3) is 2.57. The topological polar surface area (TPSA) is 68.1 Å². The Balaban J connectivity index is 2.44. The van der Waals surface area contributed by atoms with Crippen LogP contribution in [0.3, 0.4) is 0 Å². The van der Waals surface area contributed by atoms with Crippen LogP contribution in [0, 0.1) is 11.8 Å². The SMILES string of the molecule is CC1CC(C)C(C)N(S(=O)(=O)c2c(Br)nnn2C)C1. The molecule has 0 amide bonds. The van der Waals surface area contributed by atoms with Crippen LogP contribution >= 0.6 is 15.9 Å². The summed E-state index contributed by atoms with van der Waals surface area (Å²) in [6.45, 7) is 6.69. The molecular weight excluding hydrogens is 332 g/mol. The van der Waals surface area contributed by atoms with Crippen LogP contribution in [0.4, 0.5) is 0 Å². The van der Waals surface area contributed by atoms with E-state index in [0.717, 1.165) is 6.42 Å². The summed E-state index contributed by atoms with van der Waals surface area (Å²) in [4.78, 5) is 0. The zero-order chi connectivity index (χ0) is 14.4. The van der Waals surface area contributed by atoms with Gasteiger partial charge in [0, 0.05) is 19.6 Å². The van der Waals surface area contributed by atoms with E-state index in [1.807, 2.05) is 6.92 Å². The Morgan fingerprint density at radius 1 is 1.32 bits per heavy atom. The normalized spacial score (nSPS) is 29.6. The maximum atomic E-state index is 12.8. The van der Waals surface area contributed by atoms with Crippen LogP contribution in [-0.2, 0) is 17.1 Å². The van der Waals surface area contributed by atoms with Gasteiger partial charge in [0.1, 0.15) is 0 Å². The fourth-order valence-corrected chi connectivity index (χ4v) is 5.57. The van der Waals surface area contributed by atoms with Gasteiger partial charge in [-0.15, -0.1) is 5.10 Å². The van der Waals surface area contributed by atoms with E-state index >= 15 is 0 Å². The Morgan fingerprint density at radius 2 is 1.95 bits per heavy atom. The number of nitrogens with zero attached hydrogens (tertiary/aromatic N) is 4. The minimum absolute atomic E-state index is 0.0111. The molecule has 0 spiro atoms. The Hall–Kier alpha value is -0.470. The maximum absolute atomic E-state index is 12.8. The highest BCUT2D eigenvalue weighted by molar-refractivity contribution is 9.10. The van der Waals surface area contributed by atoms with E-state index in [9.17, 15) is 8.42 Å². The number of sulfonamides is 1. The molecule has 1 aliphatic rings. The minimum Gasteiger partial charge on any atom is -0.235 e. The number of hydrogen-bond acceptors (Lipinski definition) is 4. The highest BCUT2D eigenvalue weighted by Crippen LogP contribution is 2.32. The standard InChI is InChI=1S/C11H19BrN4O2S/c1-7-5-8(2)9(3)16(6-7)19(17,18)11-10(12)13-14-15(11)4/h7-9H,5-6H2,1-4H3. The second kappa shape index (κ2) is 5.14. The Bertz CT molecular complexity index is 552. The average Bonchev–Trinajstić information content (AvgIpc) is 2.63. The molecule has 0 N–H and O–H groups in total. The van der Waals surface area contributed by atoms with Crippen molar-refractivity contribution in [3.05, 3.63) is 4.60 Å². The molecule has 6 nitrogen and oxygen atoms in total. The van der Waals surface area contributed by atoms with Gasteiger partial charge in [-0.25, -0.2) is 13.1 Å². The van der Waals surface area contributed by atoms with Crippen LogP contribution in [0.5, 0.6) is 0 Å². The van der Waals surface area contributed by atoms with Gasteiger partial charge in [-0.3, -0.25) is 0 Å². The highest BCUT2D eigenvalue weighted by atomic mass is 79.9. The van der Waals surface area contributed by atoms with Crippen molar-refractivity contribution in [3.8, 4) is 0 Å². The Morgan fingerprint density at radius 3 is 2.47 bits per heavy atom. The molecular formula is C11H19BrN4O2S. The van der Waals surface area contributed by atoms with Gasteiger partial charge in [-0.2, -0.15) is 4.31 Å². The lowest BCUT2D eigenvalue weighted by atomic mass is 9.88. The molecule has 1 fully saturated rings. The van der Waals surface area contributed by atoms with Crippen LogP contribution in [-0.4, -0.2) is 40.3 Å². The van der Waals surface area contributed by atoms with Gasteiger partial charge >= 0.3 is 0 Å². The summed E-state index contributed by atoms with van der Waals surface area (Å²) in [6, 6.07) is -0.0111. The van der Waals surface area contributed by atoms with Crippen molar-refractivity contribution >= 4 is 26.0 Å². The van der Waals surface area contributed by atoms with Gasteiger partial charge in [-0.05, 0) is 41.1 Å². The van der Waals surface area contributed by atoms with Gasteiger partial charge in [-0.1, -0.05) is 19.1 Å². The van der Waals surface area contributed by atoms with Crippen LogP contribution in [0.15, 0.2) is 9.63 Å². The Kier molecular flexibility index (Phi) is 4.04. The first kappa shape index (κ1) is 14.9. The summed E-state index contributed by atoms with van der Waals surface area (Å²) in [7, 11) is -1.98. The number of hydrogen-bond donors (Lipinski definition) is 0. The van der Waals surface area contributed by atoms with E-state index in [-0.39, 0.29) is 15.7 Å². The van der Waals surface area contributed by atoms with Crippen molar-refractivity contribution in [1.29, 1.82) is 0 Å². The molecule has 0 bridgehead atoms. The molecule has 3 unspecified atom stereocenters. The van der Waals surface area contributed by atoms with Crippen molar-refractivity contribution in [3.63, 3.8) is 0 Å². The summed E-state index contributed by atoms with van der Waals surface area (Å²) in [6.07, 6.45) is 1.05. The van der Waals surface area contributed by atoms with Crippen molar-refractivity contribution in [1.82, 2.24) is 19.3 Å². The molecule has 8 heteroatoms.